The maximum absolute atomic E-state index is 6.01. The van der Waals surface area contributed by atoms with Crippen molar-refractivity contribution in [3.63, 3.8) is 0 Å². The van der Waals surface area contributed by atoms with Crippen molar-refractivity contribution in [1.29, 1.82) is 0 Å². The summed E-state index contributed by atoms with van der Waals surface area (Å²) in [4.78, 5) is 4.71. The number of aromatic nitrogens is 1. The van der Waals surface area contributed by atoms with Crippen molar-refractivity contribution >= 4 is 23.5 Å². The molecule has 2 unspecified atom stereocenters. The van der Waals surface area contributed by atoms with Gasteiger partial charge in [0.05, 0.1) is 0 Å². The zero-order chi connectivity index (χ0) is 14.5. The van der Waals surface area contributed by atoms with E-state index in [0.717, 1.165) is 36.5 Å². The minimum absolute atomic E-state index is 0. The fourth-order valence-electron chi connectivity index (χ4n) is 4.02. The molecule has 2 atom stereocenters. The fourth-order valence-corrected chi connectivity index (χ4v) is 4.02. The summed E-state index contributed by atoms with van der Waals surface area (Å²) in [6, 6.07) is 14.9. The second-order valence-corrected chi connectivity index (χ2v) is 6.51. The maximum Gasteiger partial charge on any atom is 0.199 e. The Balaban J connectivity index is 0.00000135. The standard InChI is InChI=1S/C19H18N2O.ClH/c1-2-4-12(5-3-1)6-19-21-17-8-15-13-7-14(11-20-10-13)16(15)9-18(17)22-19;/h1-5,8-9,13-14,20H,6-7,10-11H2;1H. The molecule has 4 heteroatoms. The van der Waals surface area contributed by atoms with Crippen LogP contribution in [0.3, 0.4) is 0 Å². The third-order valence-corrected chi connectivity index (χ3v) is 5.07. The Hall–Kier alpha value is -1.84. The molecule has 23 heavy (non-hydrogen) atoms. The Labute approximate surface area is 141 Å². The number of oxazole rings is 1. The number of nitrogens with zero attached hydrogens (tertiary/aromatic N) is 1. The average Bonchev–Trinajstić information content (AvgIpc) is 3.05. The predicted octanol–water partition coefficient (Wildman–Crippen LogP) is 4.01. The van der Waals surface area contributed by atoms with Crippen molar-refractivity contribution in [2.45, 2.75) is 24.7 Å². The highest BCUT2D eigenvalue weighted by Gasteiger charge is 2.34. The van der Waals surface area contributed by atoms with E-state index in [4.69, 9.17) is 9.40 Å². The van der Waals surface area contributed by atoms with Gasteiger partial charge in [-0.3, -0.25) is 0 Å². The Kier molecular flexibility index (Phi) is 3.63. The van der Waals surface area contributed by atoms with Gasteiger partial charge >= 0.3 is 0 Å². The number of hydrogen-bond donors (Lipinski definition) is 1. The molecule has 0 spiro atoms. The first kappa shape index (κ1) is 14.7. The van der Waals surface area contributed by atoms with Gasteiger partial charge in [-0.2, -0.15) is 0 Å². The molecule has 5 rings (SSSR count). The van der Waals surface area contributed by atoms with Crippen LogP contribution in [0.1, 0.15) is 40.8 Å². The summed E-state index contributed by atoms with van der Waals surface area (Å²) in [5, 5.41) is 3.53. The van der Waals surface area contributed by atoms with Crippen LogP contribution in [0.5, 0.6) is 0 Å². The minimum Gasteiger partial charge on any atom is -0.440 e. The topological polar surface area (TPSA) is 38.1 Å². The van der Waals surface area contributed by atoms with Gasteiger partial charge in [0.1, 0.15) is 5.52 Å². The molecular weight excluding hydrogens is 308 g/mol. The van der Waals surface area contributed by atoms with Crippen LogP contribution < -0.4 is 5.32 Å². The van der Waals surface area contributed by atoms with Crippen molar-refractivity contribution in [3.05, 3.63) is 65.0 Å². The first-order valence-corrected chi connectivity index (χ1v) is 8.05. The Morgan fingerprint density at radius 3 is 2.57 bits per heavy atom. The minimum atomic E-state index is 0. The Morgan fingerprint density at radius 2 is 1.78 bits per heavy atom. The van der Waals surface area contributed by atoms with Crippen LogP contribution in [-0.2, 0) is 6.42 Å². The average molecular weight is 327 g/mol. The molecule has 1 saturated heterocycles. The maximum atomic E-state index is 6.01. The Bertz CT molecular complexity index is 796. The van der Waals surface area contributed by atoms with Crippen LogP contribution in [0.2, 0.25) is 0 Å². The summed E-state index contributed by atoms with van der Waals surface area (Å²) in [6.45, 7) is 2.20. The highest BCUT2D eigenvalue weighted by atomic mass is 35.5. The van der Waals surface area contributed by atoms with Crippen LogP contribution in [0, 0.1) is 0 Å². The number of rotatable bonds is 2. The van der Waals surface area contributed by atoms with Crippen LogP contribution in [-0.4, -0.2) is 18.1 Å². The van der Waals surface area contributed by atoms with E-state index in [1.807, 2.05) is 6.07 Å². The van der Waals surface area contributed by atoms with Gasteiger partial charge in [-0.25, -0.2) is 4.98 Å². The van der Waals surface area contributed by atoms with Gasteiger partial charge < -0.3 is 9.73 Å². The zero-order valence-corrected chi connectivity index (χ0v) is 13.6. The van der Waals surface area contributed by atoms with E-state index in [0.29, 0.717) is 11.8 Å². The van der Waals surface area contributed by atoms with Gasteiger partial charge in [0, 0.05) is 19.5 Å². The van der Waals surface area contributed by atoms with E-state index in [9.17, 15) is 0 Å². The van der Waals surface area contributed by atoms with Gasteiger partial charge in [0.25, 0.3) is 0 Å². The molecule has 2 aromatic carbocycles. The molecule has 2 aliphatic rings. The molecule has 3 aromatic rings. The lowest BCUT2D eigenvalue weighted by Crippen LogP contribution is -2.28. The molecule has 1 aliphatic heterocycles. The van der Waals surface area contributed by atoms with Crippen LogP contribution in [0.4, 0.5) is 0 Å². The summed E-state index contributed by atoms with van der Waals surface area (Å²) < 4.78 is 6.01. The molecular formula is C19H19ClN2O. The number of hydrogen-bond acceptors (Lipinski definition) is 3. The summed E-state index contributed by atoms with van der Waals surface area (Å²) in [7, 11) is 0. The molecule has 118 valence electrons. The number of halogens is 1. The molecule has 0 radical (unpaired) electrons. The summed E-state index contributed by atoms with van der Waals surface area (Å²) >= 11 is 0. The number of nitrogens with one attached hydrogen (secondary N) is 1. The quantitative estimate of drug-likeness (QED) is 0.773. The van der Waals surface area contributed by atoms with E-state index >= 15 is 0 Å². The van der Waals surface area contributed by atoms with E-state index < -0.39 is 0 Å². The lowest BCUT2D eigenvalue weighted by molar-refractivity contribution is 0.453. The summed E-state index contributed by atoms with van der Waals surface area (Å²) in [5.74, 6) is 2.13. The second kappa shape index (κ2) is 5.66. The van der Waals surface area contributed by atoms with Gasteiger partial charge in [0.15, 0.2) is 11.5 Å². The molecule has 2 bridgehead atoms. The summed E-state index contributed by atoms with van der Waals surface area (Å²) in [6.07, 6.45) is 2.04. The van der Waals surface area contributed by atoms with Crippen molar-refractivity contribution < 1.29 is 4.42 Å². The predicted molar refractivity (Wildman–Crippen MR) is 93.5 cm³/mol. The normalized spacial score (nSPS) is 21.9. The number of piperidine rings is 1. The van der Waals surface area contributed by atoms with E-state index in [1.165, 1.54) is 23.1 Å². The largest absolute Gasteiger partial charge is 0.440 e. The smallest absolute Gasteiger partial charge is 0.199 e. The molecule has 0 saturated carbocycles. The number of benzene rings is 2. The fraction of sp³-hybridized carbons (Fsp3) is 0.316. The molecule has 1 aromatic heterocycles. The second-order valence-electron chi connectivity index (χ2n) is 6.51. The van der Waals surface area contributed by atoms with E-state index in [1.54, 1.807) is 0 Å². The first-order chi connectivity index (χ1) is 10.9. The first-order valence-electron chi connectivity index (χ1n) is 8.05. The van der Waals surface area contributed by atoms with Crippen LogP contribution in [0.15, 0.2) is 46.9 Å². The number of fused-ring (bicyclic) bond motifs is 6. The lowest BCUT2D eigenvalue weighted by Gasteiger charge is -2.19. The van der Waals surface area contributed by atoms with Gasteiger partial charge in [-0.15, -0.1) is 12.4 Å². The summed E-state index contributed by atoms with van der Waals surface area (Å²) in [5.41, 5.74) is 6.16. The molecule has 0 amide bonds. The van der Waals surface area contributed by atoms with E-state index in [2.05, 4.69) is 41.7 Å². The van der Waals surface area contributed by atoms with Gasteiger partial charge in [0.2, 0.25) is 0 Å². The van der Waals surface area contributed by atoms with Crippen molar-refractivity contribution in [2.75, 3.05) is 13.1 Å². The Morgan fingerprint density at radius 1 is 1.04 bits per heavy atom. The molecule has 1 N–H and O–H groups in total. The van der Waals surface area contributed by atoms with Crippen LogP contribution >= 0.6 is 12.4 Å². The highest BCUT2D eigenvalue weighted by Crippen LogP contribution is 2.45. The lowest BCUT2D eigenvalue weighted by atomic mass is 9.98. The zero-order valence-electron chi connectivity index (χ0n) is 12.8. The molecule has 2 heterocycles. The SMILES string of the molecule is Cl.c1ccc(Cc2nc3cc4c(cc3o2)C2CNCC4C2)cc1. The molecule has 1 aliphatic carbocycles. The van der Waals surface area contributed by atoms with Crippen molar-refractivity contribution in [3.8, 4) is 0 Å². The van der Waals surface area contributed by atoms with Gasteiger partial charge in [-0.1, -0.05) is 30.3 Å². The van der Waals surface area contributed by atoms with Crippen molar-refractivity contribution in [2.24, 2.45) is 0 Å². The monoisotopic (exact) mass is 326 g/mol. The third-order valence-electron chi connectivity index (χ3n) is 5.07. The molecule has 1 fully saturated rings. The van der Waals surface area contributed by atoms with Crippen LogP contribution in [0.25, 0.3) is 11.1 Å². The van der Waals surface area contributed by atoms with Crippen molar-refractivity contribution in [1.82, 2.24) is 10.3 Å². The highest BCUT2D eigenvalue weighted by molar-refractivity contribution is 5.85. The van der Waals surface area contributed by atoms with E-state index in [-0.39, 0.29) is 12.4 Å². The molecule has 3 nitrogen and oxygen atoms in total. The van der Waals surface area contributed by atoms with Gasteiger partial charge in [-0.05, 0) is 47.1 Å². The third kappa shape index (κ3) is 2.44.